The standard InChI is InChI=1S/C13H19NO3S/c1-2-16-10-3-4-12(14)13(7-10)18-8-11-5-6-15-9-17-11/h3-4,7,11H,2,5-6,8-9,14H2,1H3. The molecule has 2 rings (SSSR count). The lowest BCUT2D eigenvalue weighted by atomic mass is 10.3. The Labute approximate surface area is 112 Å². The van der Waals surface area contributed by atoms with Gasteiger partial charge in [-0.3, -0.25) is 0 Å². The maximum atomic E-state index is 5.96. The molecule has 1 aromatic carbocycles. The van der Waals surface area contributed by atoms with Crippen molar-refractivity contribution in [2.75, 3.05) is 31.5 Å². The third kappa shape index (κ3) is 3.80. The van der Waals surface area contributed by atoms with Crippen molar-refractivity contribution in [3.63, 3.8) is 0 Å². The molecule has 1 aliphatic heterocycles. The SMILES string of the molecule is CCOc1ccc(N)c(SCC2CCOCO2)c1. The summed E-state index contributed by atoms with van der Waals surface area (Å²) in [6, 6.07) is 5.77. The second-order valence-corrected chi connectivity index (χ2v) is 5.11. The van der Waals surface area contributed by atoms with Crippen molar-refractivity contribution in [3.05, 3.63) is 18.2 Å². The van der Waals surface area contributed by atoms with Gasteiger partial charge in [0.15, 0.2) is 0 Å². The van der Waals surface area contributed by atoms with Crippen LogP contribution in [0.2, 0.25) is 0 Å². The Morgan fingerprint density at radius 1 is 1.50 bits per heavy atom. The fourth-order valence-corrected chi connectivity index (χ4v) is 2.77. The highest BCUT2D eigenvalue weighted by molar-refractivity contribution is 7.99. The zero-order valence-corrected chi connectivity index (χ0v) is 11.4. The Kier molecular flexibility index (Phi) is 5.16. The quantitative estimate of drug-likeness (QED) is 0.657. The Bertz CT molecular complexity index is 380. The number of nitrogens with two attached hydrogens (primary N) is 1. The number of ether oxygens (including phenoxy) is 3. The van der Waals surface area contributed by atoms with E-state index in [2.05, 4.69) is 0 Å². The third-order valence-corrected chi connectivity index (χ3v) is 3.90. The Hall–Kier alpha value is -0.910. The van der Waals surface area contributed by atoms with Crippen molar-refractivity contribution in [1.29, 1.82) is 0 Å². The van der Waals surface area contributed by atoms with Crippen LogP contribution in [0.1, 0.15) is 13.3 Å². The Morgan fingerprint density at radius 3 is 3.11 bits per heavy atom. The van der Waals surface area contributed by atoms with Crippen LogP contribution in [0.3, 0.4) is 0 Å². The van der Waals surface area contributed by atoms with Gasteiger partial charge in [0, 0.05) is 16.3 Å². The van der Waals surface area contributed by atoms with Crippen molar-refractivity contribution in [2.24, 2.45) is 0 Å². The largest absolute Gasteiger partial charge is 0.494 e. The van der Waals surface area contributed by atoms with Gasteiger partial charge in [0.25, 0.3) is 0 Å². The molecule has 0 bridgehead atoms. The molecule has 1 aromatic rings. The topological polar surface area (TPSA) is 53.7 Å². The van der Waals surface area contributed by atoms with Crippen LogP contribution >= 0.6 is 11.8 Å². The number of benzene rings is 1. The van der Waals surface area contributed by atoms with Crippen molar-refractivity contribution in [2.45, 2.75) is 24.3 Å². The molecular formula is C13H19NO3S. The number of anilines is 1. The number of nitrogen functional groups attached to an aromatic ring is 1. The summed E-state index contributed by atoms with van der Waals surface area (Å²) in [5, 5.41) is 0. The van der Waals surface area contributed by atoms with Crippen LogP contribution in [-0.4, -0.2) is 31.9 Å². The molecular weight excluding hydrogens is 250 g/mol. The summed E-state index contributed by atoms with van der Waals surface area (Å²) in [5.41, 5.74) is 6.75. The first kappa shape index (κ1) is 13.5. The molecule has 2 N–H and O–H groups in total. The molecule has 1 unspecified atom stereocenters. The minimum absolute atomic E-state index is 0.249. The molecule has 0 aromatic heterocycles. The van der Waals surface area contributed by atoms with E-state index in [0.717, 1.165) is 35.1 Å². The maximum Gasteiger partial charge on any atom is 0.147 e. The van der Waals surface area contributed by atoms with Gasteiger partial charge in [-0.2, -0.15) is 0 Å². The Balaban J connectivity index is 1.92. The number of hydrogen-bond acceptors (Lipinski definition) is 5. The highest BCUT2D eigenvalue weighted by atomic mass is 32.2. The van der Waals surface area contributed by atoms with Crippen molar-refractivity contribution in [1.82, 2.24) is 0 Å². The molecule has 5 heteroatoms. The first-order valence-electron chi connectivity index (χ1n) is 6.14. The lowest BCUT2D eigenvalue weighted by Gasteiger charge is -2.22. The predicted molar refractivity (Wildman–Crippen MR) is 73.1 cm³/mol. The number of thioether (sulfide) groups is 1. The van der Waals surface area contributed by atoms with E-state index < -0.39 is 0 Å². The van der Waals surface area contributed by atoms with Crippen LogP contribution < -0.4 is 10.5 Å². The summed E-state index contributed by atoms with van der Waals surface area (Å²) in [7, 11) is 0. The molecule has 1 heterocycles. The minimum atomic E-state index is 0.249. The summed E-state index contributed by atoms with van der Waals surface area (Å²) in [6.07, 6.45) is 1.19. The molecule has 4 nitrogen and oxygen atoms in total. The van der Waals surface area contributed by atoms with Crippen LogP contribution in [0.4, 0.5) is 5.69 Å². The summed E-state index contributed by atoms with van der Waals surface area (Å²) in [4.78, 5) is 1.05. The van der Waals surface area contributed by atoms with Gasteiger partial charge in [-0.05, 0) is 31.5 Å². The van der Waals surface area contributed by atoms with Crippen molar-refractivity contribution >= 4 is 17.4 Å². The van der Waals surface area contributed by atoms with Gasteiger partial charge >= 0.3 is 0 Å². The van der Waals surface area contributed by atoms with Gasteiger partial charge in [0.2, 0.25) is 0 Å². The lowest BCUT2D eigenvalue weighted by molar-refractivity contribution is -0.130. The predicted octanol–water partition coefficient (Wildman–Crippen LogP) is 2.52. The normalized spacial score (nSPS) is 19.7. The molecule has 0 saturated carbocycles. The smallest absolute Gasteiger partial charge is 0.147 e. The van der Waals surface area contributed by atoms with Crippen molar-refractivity contribution in [3.8, 4) is 5.75 Å². The van der Waals surface area contributed by atoms with E-state index in [-0.39, 0.29) is 6.10 Å². The Morgan fingerprint density at radius 2 is 2.39 bits per heavy atom. The first-order valence-corrected chi connectivity index (χ1v) is 7.12. The molecule has 1 saturated heterocycles. The van der Waals surface area contributed by atoms with Crippen LogP contribution in [0.15, 0.2) is 23.1 Å². The first-order chi connectivity index (χ1) is 8.79. The zero-order chi connectivity index (χ0) is 12.8. The second kappa shape index (κ2) is 6.87. The van der Waals surface area contributed by atoms with E-state index in [1.807, 2.05) is 25.1 Å². The van der Waals surface area contributed by atoms with Gasteiger partial charge in [0.1, 0.15) is 12.5 Å². The number of rotatable bonds is 5. The van der Waals surface area contributed by atoms with E-state index in [1.165, 1.54) is 0 Å². The second-order valence-electron chi connectivity index (χ2n) is 4.05. The maximum absolute atomic E-state index is 5.96. The van der Waals surface area contributed by atoms with Crippen LogP contribution in [-0.2, 0) is 9.47 Å². The summed E-state index contributed by atoms with van der Waals surface area (Å²) in [5.74, 6) is 1.76. The average molecular weight is 269 g/mol. The van der Waals surface area contributed by atoms with E-state index in [9.17, 15) is 0 Å². The van der Waals surface area contributed by atoms with E-state index in [0.29, 0.717) is 13.4 Å². The van der Waals surface area contributed by atoms with Crippen molar-refractivity contribution < 1.29 is 14.2 Å². The van der Waals surface area contributed by atoms with E-state index in [1.54, 1.807) is 11.8 Å². The summed E-state index contributed by atoms with van der Waals surface area (Å²) >= 11 is 1.71. The molecule has 0 amide bonds. The lowest BCUT2D eigenvalue weighted by Crippen LogP contribution is -2.25. The van der Waals surface area contributed by atoms with E-state index >= 15 is 0 Å². The highest BCUT2D eigenvalue weighted by Crippen LogP contribution is 2.30. The average Bonchev–Trinajstić information content (AvgIpc) is 2.41. The van der Waals surface area contributed by atoms with Crippen LogP contribution in [0, 0.1) is 0 Å². The fraction of sp³-hybridized carbons (Fsp3) is 0.538. The van der Waals surface area contributed by atoms with Gasteiger partial charge in [0.05, 0.1) is 19.3 Å². The highest BCUT2D eigenvalue weighted by Gasteiger charge is 2.15. The monoisotopic (exact) mass is 269 g/mol. The molecule has 1 atom stereocenters. The van der Waals surface area contributed by atoms with Gasteiger partial charge in [-0.1, -0.05) is 0 Å². The molecule has 0 radical (unpaired) electrons. The van der Waals surface area contributed by atoms with Gasteiger partial charge < -0.3 is 19.9 Å². The molecule has 0 aliphatic carbocycles. The molecule has 1 fully saturated rings. The molecule has 0 spiro atoms. The molecule has 18 heavy (non-hydrogen) atoms. The van der Waals surface area contributed by atoms with Gasteiger partial charge in [-0.15, -0.1) is 11.8 Å². The summed E-state index contributed by atoms with van der Waals surface area (Å²) in [6.45, 7) is 3.82. The third-order valence-electron chi connectivity index (χ3n) is 2.69. The van der Waals surface area contributed by atoms with E-state index in [4.69, 9.17) is 19.9 Å². The van der Waals surface area contributed by atoms with Gasteiger partial charge in [-0.25, -0.2) is 0 Å². The zero-order valence-electron chi connectivity index (χ0n) is 10.6. The molecule has 100 valence electrons. The van der Waals surface area contributed by atoms with Crippen LogP contribution in [0.5, 0.6) is 5.75 Å². The summed E-state index contributed by atoms with van der Waals surface area (Å²) < 4.78 is 16.1. The van der Waals surface area contributed by atoms with Crippen LogP contribution in [0.25, 0.3) is 0 Å². The molecule has 1 aliphatic rings. The fourth-order valence-electron chi connectivity index (χ4n) is 1.71. The minimum Gasteiger partial charge on any atom is -0.494 e. The number of hydrogen-bond donors (Lipinski definition) is 1.